The average molecular weight is 769 g/mol. The van der Waals surface area contributed by atoms with Crippen molar-refractivity contribution in [3.8, 4) is 0 Å². The first-order valence-corrected chi connectivity index (χ1v) is 18.2. The maximum absolute atomic E-state index is 10.7. The monoisotopic (exact) mass is 769 g/mol. The molecule has 0 saturated heterocycles. The molecule has 53 heavy (non-hydrogen) atoms. The summed E-state index contributed by atoms with van der Waals surface area (Å²) in [5.41, 5.74) is 0.601. The third-order valence-electron chi connectivity index (χ3n) is 6.00. The fourth-order valence-electron chi connectivity index (χ4n) is 3.89. The molecule has 0 aliphatic carbocycles. The summed E-state index contributed by atoms with van der Waals surface area (Å²) in [5, 5.41) is 0. The van der Waals surface area contributed by atoms with E-state index in [0.717, 1.165) is 12.8 Å². The largest absolute Gasteiger partial charge is 0.469 e. The minimum Gasteiger partial charge on any atom is -0.469 e. The van der Waals surface area contributed by atoms with Crippen molar-refractivity contribution in [1.82, 2.24) is 0 Å². The Labute approximate surface area is 325 Å². The van der Waals surface area contributed by atoms with Gasteiger partial charge >= 0.3 is 23.9 Å². The van der Waals surface area contributed by atoms with Crippen molar-refractivity contribution in [3.05, 3.63) is 0 Å². The van der Waals surface area contributed by atoms with E-state index in [-0.39, 0.29) is 69.5 Å². The predicted molar refractivity (Wildman–Crippen MR) is 212 cm³/mol. The topological polar surface area (TPSA) is 142 Å². The second-order valence-electron chi connectivity index (χ2n) is 18.7. The summed E-state index contributed by atoms with van der Waals surface area (Å²) in [4.78, 5) is 42.3. The van der Waals surface area contributed by atoms with Gasteiger partial charge in [-0.05, 0) is 28.1 Å². The highest BCUT2D eigenvalue weighted by Gasteiger charge is 2.23. The van der Waals surface area contributed by atoms with Crippen LogP contribution in [0.2, 0.25) is 0 Å². The lowest BCUT2D eigenvalue weighted by atomic mass is 9.85. The highest BCUT2D eigenvalue weighted by Crippen LogP contribution is 2.25. The Kier molecular flexibility index (Phi) is 34.0. The minimum atomic E-state index is -0.304. The van der Waals surface area contributed by atoms with Crippen molar-refractivity contribution < 1.29 is 57.1 Å². The zero-order valence-electron chi connectivity index (χ0n) is 38.4. The predicted octanol–water partition coefficient (Wildman–Crippen LogP) is 9.05. The van der Waals surface area contributed by atoms with Crippen LogP contribution in [0.1, 0.15) is 144 Å². The number of ether oxygens (including phenoxy) is 8. The first-order chi connectivity index (χ1) is 23.6. The van der Waals surface area contributed by atoms with Crippen LogP contribution in [-0.4, -0.2) is 91.8 Å². The van der Waals surface area contributed by atoms with Crippen LogP contribution in [0, 0.1) is 33.0 Å². The standard InChI is InChI=1S/C12H22O4.C8H18O2.C7H16O2.2C7H14O2/c1-9(13)15-7-11(6-12(3,4)5)8-16-10(2)14;1-8(2,3)6-7(9-4)10-5;1-7(2,3)6(8-4)9-5;1-7(2,3)5-6(8)9-4;1-6(8)9-5-7(2,3)4/h11H,6-8H2,1-5H3;7H,6H2,1-5H3;6H,1-5H3;2*5H2,1-4H3. The van der Waals surface area contributed by atoms with Crippen molar-refractivity contribution in [3.63, 3.8) is 0 Å². The number of hydrogen-bond acceptors (Lipinski definition) is 12. The number of carbonyl (C=O) groups is 4. The van der Waals surface area contributed by atoms with Gasteiger partial charge in [0.2, 0.25) is 0 Å². The molecule has 0 saturated carbocycles. The molecule has 320 valence electrons. The molecule has 0 atom stereocenters. The van der Waals surface area contributed by atoms with Gasteiger partial charge in [0.05, 0.1) is 33.4 Å². The highest BCUT2D eigenvalue weighted by atomic mass is 16.7. The smallest absolute Gasteiger partial charge is 0.306 e. The summed E-state index contributed by atoms with van der Waals surface area (Å²) in [7, 11) is 8.05. The van der Waals surface area contributed by atoms with Crippen molar-refractivity contribution >= 4 is 23.9 Å². The van der Waals surface area contributed by atoms with E-state index in [2.05, 4.69) is 67.1 Å². The lowest BCUT2D eigenvalue weighted by molar-refractivity contribution is -0.161. The number of carbonyl (C=O) groups excluding carboxylic acids is 4. The van der Waals surface area contributed by atoms with Gasteiger partial charge in [-0.3, -0.25) is 19.2 Å². The van der Waals surface area contributed by atoms with Crippen LogP contribution in [-0.2, 0) is 57.1 Å². The molecule has 0 N–H and O–H groups in total. The summed E-state index contributed by atoms with van der Waals surface area (Å²) < 4.78 is 39.3. The second-order valence-corrected chi connectivity index (χ2v) is 18.7. The highest BCUT2D eigenvalue weighted by molar-refractivity contribution is 5.69. The fraction of sp³-hybridized carbons (Fsp3) is 0.902. The Bertz CT molecular complexity index is 916. The zero-order chi connectivity index (χ0) is 43.4. The fourth-order valence-corrected chi connectivity index (χ4v) is 3.89. The molecule has 0 rings (SSSR count). The Morgan fingerprint density at radius 2 is 0.830 bits per heavy atom. The van der Waals surface area contributed by atoms with Gasteiger partial charge in [-0.1, -0.05) is 104 Å². The van der Waals surface area contributed by atoms with Gasteiger partial charge in [0.1, 0.15) is 0 Å². The lowest BCUT2D eigenvalue weighted by Crippen LogP contribution is -2.29. The first-order valence-electron chi connectivity index (χ1n) is 18.2. The maximum atomic E-state index is 10.7. The lowest BCUT2D eigenvalue weighted by Gasteiger charge is -2.27. The van der Waals surface area contributed by atoms with Crippen LogP contribution >= 0.6 is 0 Å². The molecule has 0 unspecified atom stereocenters. The third-order valence-corrected chi connectivity index (χ3v) is 6.00. The van der Waals surface area contributed by atoms with E-state index in [0.29, 0.717) is 26.2 Å². The van der Waals surface area contributed by atoms with Crippen LogP contribution in [0.5, 0.6) is 0 Å². The summed E-state index contributed by atoms with van der Waals surface area (Å²) >= 11 is 0. The molecule has 0 aliphatic rings. The van der Waals surface area contributed by atoms with Crippen LogP contribution in [0.15, 0.2) is 0 Å². The number of hydrogen-bond donors (Lipinski definition) is 0. The van der Waals surface area contributed by atoms with E-state index < -0.39 is 0 Å². The molecule has 12 heteroatoms. The van der Waals surface area contributed by atoms with E-state index in [4.69, 9.17) is 33.2 Å². The van der Waals surface area contributed by atoms with Crippen LogP contribution in [0.3, 0.4) is 0 Å². The quantitative estimate of drug-likeness (QED) is 0.106. The third kappa shape index (κ3) is 56.6. The van der Waals surface area contributed by atoms with Gasteiger partial charge in [-0.25, -0.2) is 0 Å². The summed E-state index contributed by atoms with van der Waals surface area (Å²) in [6.07, 6.45) is 2.11. The van der Waals surface area contributed by atoms with E-state index in [1.54, 1.807) is 28.4 Å². The Hall–Kier alpha value is -2.28. The molecule has 0 aliphatic heterocycles. The van der Waals surface area contributed by atoms with Crippen molar-refractivity contribution in [2.45, 2.75) is 156 Å². The SMILES string of the molecule is CC(=O)OCC(C)(C)C.CC(=O)OCC(COC(C)=O)CC(C)(C)C.COC(=O)CC(C)(C)C.COC(CC(C)(C)C)OC.COC(OC)C(C)(C)C. The van der Waals surface area contributed by atoms with Crippen LogP contribution in [0.4, 0.5) is 0 Å². The summed E-state index contributed by atoms with van der Waals surface area (Å²) in [6, 6.07) is 0. The summed E-state index contributed by atoms with van der Waals surface area (Å²) in [5.74, 6) is -0.885. The molecule has 0 aromatic rings. The molecule has 12 nitrogen and oxygen atoms in total. The van der Waals surface area contributed by atoms with E-state index >= 15 is 0 Å². The number of esters is 4. The molecule has 0 aromatic heterocycles. The van der Waals surface area contributed by atoms with Gasteiger partial charge in [0.15, 0.2) is 12.6 Å². The molecule has 0 heterocycles. The molecule has 0 spiro atoms. The van der Waals surface area contributed by atoms with E-state index in [1.807, 2.05) is 41.5 Å². The molecule has 0 aromatic carbocycles. The van der Waals surface area contributed by atoms with Gasteiger partial charge in [-0.2, -0.15) is 0 Å². The molecule has 0 radical (unpaired) electrons. The number of methoxy groups -OCH3 is 5. The van der Waals surface area contributed by atoms with Gasteiger partial charge in [0, 0.05) is 67.0 Å². The van der Waals surface area contributed by atoms with Crippen molar-refractivity contribution in [2.75, 3.05) is 55.4 Å². The first kappa shape index (κ1) is 60.0. The van der Waals surface area contributed by atoms with E-state index in [9.17, 15) is 19.2 Å². The van der Waals surface area contributed by atoms with Crippen molar-refractivity contribution in [1.29, 1.82) is 0 Å². The summed E-state index contributed by atoms with van der Waals surface area (Å²) in [6.45, 7) is 36.4. The Morgan fingerprint density at radius 1 is 0.472 bits per heavy atom. The minimum absolute atomic E-state index is 0.0487. The number of rotatable bonds is 12. The van der Waals surface area contributed by atoms with Crippen LogP contribution < -0.4 is 0 Å². The van der Waals surface area contributed by atoms with Gasteiger partial charge in [0.25, 0.3) is 0 Å². The van der Waals surface area contributed by atoms with Gasteiger partial charge in [-0.15, -0.1) is 0 Å². The van der Waals surface area contributed by atoms with Crippen molar-refractivity contribution in [2.24, 2.45) is 33.0 Å². The van der Waals surface area contributed by atoms with Gasteiger partial charge < -0.3 is 37.9 Å². The molecule has 0 fully saturated rings. The Balaban J connectivity index is -0.000000186. The molecular weight excluding hydrogens is 684 g/mol. The molecule has 0 amide bonds. The van der Waals surface area contributed by atoms with E-state index in [1.165, 1.54) is 27.9 Å². The Morgan fingerprint density at radius 3 is 0.962 bits per heavy atom. The normalized spacial score (nSPS) is 11.7. The zero-order valence-corrected chi connectivity index (χ0v) is 38.4. The van der Waals surface area contributed by atoms with Crippen LogP contribution in [0.25, 0.3) is 0 Å². The molecule has 0 bridgehead atoms. The molecular formula is C41H84O12. The average Bonchev–Trinajstić information content (AvgIpc) is 2.95. The maximum Gasteiger partial charge on any atom is 0.306 e. The second kappa shape index (κ2) is 30.0.